The van der Waals surface area contributed by atoms with Gasteiger partial charge in [-0.1, -0.05) is 19.6 Å². The van der Waals surface area contributed by atoms with Crippen molar-refractivity contribution in [1.82, 2.24) is 0 Å². The molecule has 0 aliphatic heterocycles. The Morgan fingerprint density at radius 1 is 1.30 bits per heavy atom. The van der Waals surface area contributed by atoms with Gasteiger partial charge in [0.25, 0.3) is 0 Å². The molecule has 0 N–H and O–H groups in total. The molecule has 0 amide bonds. The molecule has 4 nitrogen and oxygen atoms in total. The first-order valence-corrected chi connectivity index (χ1v) is 6.78. The summed E-state index contributed by atoms with van der Waals surface area (Å²) in [7, 11) is 0. The fourth-order valence-electron chi connectivity index (χ4n) is 1.57. The molecule has 0 spiro atoms. The van der Waals surface area contributed by atoms with E-state index in [4.69, 9.17) is 4.74 Å². The molecule has 0 aliphatic rings. The fraction of sp³-hybridized carbons (Fsp3) is 0.375. The van der Waals surface area contributed by atoms with Gasteiger partial charge in [0.05, 0.1) is 0 Å². The molecule has 1 unspecified atom stereocenters. The van der Waals surface area contributed by atoms with Gasteiger partial charge in [0.1, 0.15) is 11.6 Å². The SMILES string of the molecule is C=C(C)C(=O)OC(C)(CC)C(F)(F)C(=O)Oc1cccc(F)c1. The normalized spacial score (nSPS) is 13.8. The molecule has 0 saturated carbocycles. The Morgan fingerprint density at radius 2 is 1.91 bits per heavy atom. The number of hydrogen-bond acceptors (Lipinski definition) is 4. The van der Waals surface area contributed by atoms with Crippen molar-refractivity contribution >= 4 is 11.9 Å². The highest BCUT2D eigenvalue weighted by atomic mass is 19.3. The molecule has 1 atom stereocenters. The second-order valence-electron chi connectivity index (χ2n) is 5.18. The Balaban J connectivity index is 3.02. The summed E-state index contributed by atoms with van der Waals surface area (Å²) in [6, 6.07) is 4.22. The van der Waals surface area contributed by atoms with Crippen LogP contribution in [0.4, 0.5) is 13.2 Å². The number of esters is 2. The largest absolute Gasteiger partial charge is 0.449 e. The van der Waals surface area contributed by atoms with Gasteiger partial charge in [-0.3, -0.25) is 0 Å². The van der Waals surface area contributed by atoms with E-state index < -0.39 is 29.3 Å². The topological polar surface area (TPSA) is 52.6 Å². The van der Waals surface area contributed by atoms with E-state index in [-0.39, 0.29) is 17.7 Å². The summed E-state index contributed by atoms with van der Waals surface area (Å²) in [4.78, 5) is 23.3. The monoisotopic (exact) mass is 330 g/mol. The number of hydrogen-bond donors (Lipinski definition) is 0. The summed E-state index contributed by atoms with van der Waals surface area (Å²) in [6.45, 7) is 6.84. The molecule has 0 aliphatic carbocycles. The highest BCUT2D eigenvalue weighted by molar-refractivity contribution is 5.88. The van der Waals surface area contributed by atoms with Crippen LogP contribution in [0.1, 0.15) is 27.2 Å². The van der Waals surface area contributed by atoms with Crippen molar-refractivity contribution in [3.63, 3.8) is 0 Å². The molecular formula is C16H17F3O4. The minimum atomic E-state index is -4.14. The molecule has 1 rings (SSSR count). The van der Waals surface area contributed by atoms with E-state index in [0.29, 0.717) is 0 Å². The molecule has 1 aromatic carbocycles. The van der Waals surface area contributed by atoms with Gasteiger partial charge in [-0.25, -0.2) is 14.0 Å². The van der Waals surface area contributed by atoms with Gasteiger partial charge < -0.3 is 9.47 Å². The smallest absolute Gasteiger partial charge is 0.386 e. The molecule has 23 heavy (non-hydrogen) atoms. The summed E-state index contributed by atoms with van der Waals surface area (Å²) in [5.41, 5.74) is -2.51. The highest BCUT2D eigenvalue weighted by Crippen LogP contribution is 2.37. The average molecular weight is 330 g/mol. The summed E-state index contributed by atoms with van der Waals surface area (Å²) in [6.07, 6.45) is -0.350. The van der Waals surface area contributed by atoms with Crippen molar-refractivity contribution in [3.8, 4) is 5.75 Å². The lowest BCUT2D eigenvalue weighted by atomic mass is 9.94. The van der Waals surface area contributed by atoms with Gasteiger partial charge in [0, 0.05) is 11.6 Å². The third-order valence-electron chi connectivity index (χ3n) is 3.27. The van der Waals surface area contributed by atoms with Gasteiger partial charge in [0.2, 0.25) is 0 Å². The molecule has 0 saturated heterocycles. The molecule has 0 aromatic heterocycles. The molecular weight excluding hydrogens is 313 g/mol. The van der Waals surface area contributed by atoms with E-state index in [1.165, 1.54) is 19.9 Å². The number of ether oxygens (including phenoxy) is 2. The molecule has 0 bridgehead atoms. The second-order valence-corrected chi connectivity index (χ2v) is 5.18. The zero-order valence-corrected chi connectivity index (χ0v) is 13.0. The summed E-state index contributed by atoms with van der Waals surface area (Å²) >= 11 is 0. The lowest BCUT2D eigenvalue weighted by Crippen LogP contribution is -2.55. The van der Waals surface area contributed by atoms with Gasteiger partial charge in [-0.2, -0.15) is 8.78 Å². The Kier molecular flexibility index (Phi) is 5.58. The van der Waals surface area contributed by atoms with Gasteiger partial charge in [0.15, 0.2) is 5.60 Å². The van der Waals surface area contributed by atoms with E-state index in [9.17, 15) is 22.8 Å². The molecule has 0 radical (unpaired) electrons. The number of alkyl halides is 2. The predicted molar refractivity (Wildman–Crippen MR) is 76.6 cm³/mol. The molecule has 126 valence electrons. The van der Waals surface area contributed by atoms with Crippen LogP contribution in [0.25, 0.3) is 0 Å². The minimum Gasteiger partial charge on any atom is -0.449 e. The van der Waals surface area contributed by atoms with Gasteiger partial charge in [-0.05, 0) is 32.4 Å². The fourth-order valence-corrected chi connectivity index (χ4v) is 1.57. The van der Waals surface area contributed by atoms with Crippen LogP contribution >= 0.6 is 0 Å². The summed E-state index contributed by atoms with van der Waals surface area (Å²) in [5, 5.41) is 0. The Bertz CT molecular complexity index is 628. The predicted octanol–water partition coefficient (Wildman–Crippen LogP) is 3.65. The van der Waals surface area contributed by atoms with Crippen molar-refractivity contribution in [2.45, 2.75) is 38.7 Å². The highest BCUT2D eigenvalue weighted by Gasteiger charge is 2.59. The maximum atomic E-state index is 14.4. The first-order valence-electron chi connectivity index (χ1n) is 6.78. The summed E-state index contributed by atoms with van der Waals surface area (Å²) < 4.78 is 51.1. The van der Waals surface area contributed by atoms with Crippen LogP contribution in [0.3, 0.4) is 0 Å². The van der Waals surface area contributed by atoms with Crippen LogP contribution in [0.5, 0.6) is 5.75 Å². The van der Waals surface area contributed by atoms with Gasteiger partial charge in [-0.15, -0.1) is 0 Å². The zero-order valence-electron chi connectivity index (χ0n) is 13.0. The van der Waals surface area contributed by atoms with Crippen LogP contribution in [0.2, 0.25) is 0 Å². The minimum absolute atomic E-state index is 0.0843. The van der Waals surface area contributed by atoms with Crippen LogP contribution in [-0.2, 0) is 14.3 Å². The van der Waals surface area contributed by atoms with E-state index in [2.05, 4.69) is 11.3 Å². The second kappa shape index (κ2) is 6.85. The van der Waals surface area contributed by atoms with Crippen LogP contribution in [0.15, 0.2) is 36.4 Å². The number of benzene rings is 1. The summed E-state index contributed by atoms with van der Waals surface area (Å²) in [5.74, 6) is -8.25. The van der Waals surface area contributed by atoms with Crippen molar-refractivity contribution in [3.05, 3.63) is 42.2 Å². The van der Waals surface area contributed by atoms with Gasteiger partial charge >= 0.3 is 17.9 Å². The average Bonchev–Trinajstić information content (AvgIpc) is 2.46. The van der Waals surface area contributed by atoms with Crippen molar-refractivity contribution in [1.29, 1.82) is 0 Å². The van der Waals surface area contributed by atoms with Crippen molar-refractivity contribution < 1.29 is 32.2 Å². The number of rotatable bonds is 6. The first kappa shape index (κ1) is 18.7. The van der Waals surface area contributed by atoms with E-state index in [1.54, 1.807) is 0 Å². The van der Waals surface area contributed by atoms with Crippen LogP contribution < -0.4 is 4.74 Å². The molecule has 0 heterocycles. The lowest BCUT2D eigenvalue weighted by Gasteiger charge is -2.34. The Hall–Kier alpha value is -2.31. The number of carbonyl (C=O) groups excluding carboxylic acids is 2. The third kappa shape index (κ3) is 4.12. The molecule has 1 aromatic rings. The Labute approximate surface area is 131 Å². The van der Waals surface area contributed by atoms with Crippen LogP contribution in [0, 0.1) is 5.82 Å². The van der Waals surface area contributed by atoms with E-state index in [0.717, 1.165) is 25.1 Å². The van der Waals surface area contributed by atoms with E-state index in [1.807, 2.05) is 0 Å². The van der Waals surface area contributed by atoms with Crippen molar-refractivity contribution in [2.24, 2.45) is 0 Å². The third-order valence-corrected chi connectivity index (χ3v) is 3.27. The quantitative estimate of drug-likeness (QED) is 0.454. The standard InChI is InChI=1S/C16H17F3O4/c1-5-15(4,23-13(20)10(2)3)16(18,19)14(21)22-12-8-6-7-11(17)9-12/h6-9H,2,5H2,1,3-4H3. The first-order chi connectivity index (χ1) is 10.5. The van der Waals surface area contributed by atoms with Crippen LogP contribution in [-0.4, -0.2) is 23.5 Å². The number of carbonyl (C=O) groups is 2. The van der Waals surface area contributed by atoms with E-state index >= 15 is 0 Å². The molecule has 0 fully saturated rings. The molecule has 7 heteroatoms. The van der Waals surface area contributed by atoms with Crippen molar-refractivity contribution in [2.75, 3.05) is 0 Å². The number of halogens is 3. The maximum absolute atomic E-state index is 14.4. The zero-order chi connectivity index (χ0) is 17.8. The maximum Gasteiger partial charge on any atom is 0.386 e. The Morgan fingerprint density at radius 3 is 2.39 bits per heavy atom. The lowest BCUT2D eigenvalue weighted by molar-refractivity contribution is -0.215.